The van der Waals surface area contributed by atoms with Crippen LogP contribution in [0, 0.1) is 0 Å². The molecule has 3 aromatic rings. The highest BCUT2D eigenvalue weighted by molar-refractivity contribution is 6.17. The van der Waals surface area contributed by atoms with E-state index in [9.17, 15) is 0 Å². The summed E-state index contributed by atoms with van der Waals surface area (Å²) in [5, 5.41) is 2.17. The van der Waals surface area contributed by atoms with Gasteiger partial charge in [0.25, 0.3) is 0 Å². The van der Waals surface area contributed by atoms with Crippen molar-refractivity contribution in [3.8, 4) is 11.6 Å². The molecule has 0 aliphatic carbocycles. The lowest BCUT2D eigenvalue weighted by Crippen LogP contribution is -1.94. The van der Waals surface area contributed by atoms with Crippen molar-refractivity contribution in [2.24, 2.45) is 0 Å². The van der Waals surface area contributed by atoms with Gasteiger partial charge in [0.1, 0.15) is 12.1 Å². The first-order valence-corrected chi connectivity index (χ1v) is 6.42. The van der Waals surface area contributed by atoms with Gasteiger partial charge in [-0.2, -0.15) is 0 Å². The van der Waals surface area contributed by atoms with Gasteiger partial charge >= 0.3 is 0 Å². The zero-order valence-electron chi connectivity index (χ0n) is 10.1. The number of halogens is 1. The topological polar surface area (TPSA) is 35.0 Å². The zero-order chi connectivity index (χ0) is 13.1. The molecule has 0 unspecified atom stereocenters. The smallest absolute Gasteiger partial charge is 0.226 e. The number of ether oxygens (including phenoxy) is 1. The summed E-state index contributed by atoms with van der Waals surface area (Å²) in [5.74, 6) is 1.59. The fourth-order valence-electron chi connectivity index (χ4n) is 1.92. The molecule has 0 aliphatic rings. The van der Waals surface area contributed by atoms with E-state index in [0.29, 0.717) is 11.8 Å². The predicted molar refractivity (Wildman–Crippen MR) is 75.6 cm³/mol. The molecular weight excluding hydrogens is 260 g/mol. The van der Waals surface area contributed by atoms with Crippen LogP contribution in [0.1, 0.15) is 5.56 Å². The first-order valence-electron chi connectivity index (χ1n) is 5.89. The third-order valence-electron chi connectivity index (χ3n) is 2.85. The monoisotopic (exact) mass is 270 g/mol. The van der Waals surface area contributed by atoms with Crippen LogP contribution < -0.4 is 4.74 Å². The Balaban J connectivity index is 2.06. The molecule has 19 heavy (non-hydrogen) atoms. The van der Waals surface area contributed by atoms with Crippen LogP contribution in [0.15, 0.2) is 55.0 Å². The van der Waals surface area contributed by atoms with Gasteiger partial charge in [-0.1, -0.05) is 36.4 Å². The Hall–Kier alpha value is -2.13. The molecule has 3 nitrogen and oxygen atoms in total. The molecule has 0 atom stereocenters. The van der Waals surface area contributed by atoms with Gasteiger partial charge in [-0.15, -0.1) is 11.6 Å². The standard InChI is InChI=1S/C15H11ClN2O/c16-8-12-9-17-10-18-15(12)19-14-7-3-5-11-4-1-2-6-13(11)14/h1-7,9-10H,8H2. The van der Waals surface area contributed by atoms with Crippen LogP contribution in [0.2, 0.25) is 0 Å². The second-order valence-corrected chi connectivity index (χ2v) is 4.33. The van der Waals surface area contributed by atoms with Crippen LogP contribution in [-0.4, -0.2) is 9.97 Å². The lowest BCUT2D eigenvalue weighted by atomic mass is 10.1. The summed E-state index contributed by atoms with van der Waals surface area (Å²) in [4.78, 5) is 8.08. The van der Waals surface area contributed by atoms with Gasteiger partial charge in [0.05, 0.1) is 5.88 Å². The summed E-state index contributed by atoms with van der Waals surface area (Å²) in [6.07, 6.45) is 3.12. The molecule has 0 amide bonds. The fraction of sp³-hybridized carbons (Fsp3) is 0.0667. The van der Waals surface area contributed by atoms with Crippen LogP contribution in [0.4, 0.5) is 0 Å². The highest BCUT2D eigenvalue weighted by atomic mass is 35.5. The van der Waals surface area contributed by atoms with Crippen molar-refractivity contribution in [3.05, 3.63) is 60.6 Å². The minimum absolute atomic E-state index is 0.320. The van der Waals surface area contributed by atoms with Crippen molar-refractivity contribution in [1.82, 2.24) is 9.97 Å². The molecule has 0 fully saturated rings. The molecule has 2 aromatic carbocycles. The number of fused-ring (bicyclic) bond motifs is 1. The van der Waals surface area contributed by atoms with Gasteiger partial charge < -0.3 is 4.74 Å². The normalized spacial score (nSPS) is 10.6. The van der Waals surface area contributed by atoms with E-state index in [-0.39, 0.29) is 0 Å². The van der Waals surface area contributed by atoms with Crippen LogP contribution in [0.3, 0.4) is 0 Å². The van der Waals surface area contributed by atoms with Gasteiger partial charge in [-0.3, -0.25) is 0 Å². The Morgan fingerprint density at radius 2 is 1.89 bits per heavy atom. The van der Waals surface area contributed by atoms with Crippen molar-refractivity contribution in [1.29, 1.82) is 0 Å². The third kappa shape index (κ3) is 2.37. The molecule has 4 heteroatoms. The third-order valence-corrected chi connectivity index (χ3v) is 3.13. The van der Waals surface area contributed by atoms with Crippen molar-refractivity contribution >= 4 is 22.4 Å². The number of nitrogens with zero attached hydrogens (tertiary/aromatic N) is 2. The number of aromatic nitrogens is 2. The Morgan fingerprint density at radius 3 is 2.79 bits per heavy atom. The average molecular weight is 271 g/mol. The number of benzene rings is 2. The quantitative estimate of drug-likeness (QED) is 0.670. The molecule has 0 N–H and O–H groups in total. The zero-order valence-corrected chi connectivity index (χ0v) is 10.8. The first kappa shape index (κ1) is 11.9. The lowest BCUT2D eigenvalue weighted by molar-refractivity contribution is 0.462. The summed E-state index contributed by atoms with van der Waals surface area (Å²) in [6, 6.07) is 14.0. The Bertz CT molecular complexity index is 710. The average Bonchev–Trinajstić information content (AvgIpc) is 2.48. The summed E-state index contributed by atoms with van der Waals surface area (Å²) >= 11 is 5.86. The van der Waals surface area contributed by atoms with E-state index >= 15 is 0 Å². The van der Waals surface area contributed by atoms with Crippen molar-refractivity contribution < 1.29 is 4.74 Å². The molecule has 1 aromatic heterocycles. The SMILES string of the molecule is ClCc1cncnc1Oc1cccc2ccccc12. The number of hydrogen-bond donors (Lipinski definition) is 0. The van der Waals surface area contributed by atoms with Crippen LogP contribution >= 0.6 is 11.6 Å². The molecule has 0 saturated carbocycles. The Labute approximate surface area is 115 Å². The number of rotatable bonds is 3. The minimum atomic E-state index is 0.320. The maximum absolute atomic E-state index is 5.88. The molecule has 0 saturated heterocycles. The van der Waals surface area contributed by atoms with Crippen LogP contribution in [0.5, 0.6) is 11.6 Å². The molecule has 0 bridgehead atoms. The van der Waals surface area contributed by atoms with E-state index < -0.39 is 0 Å². The summed E-state index contributed by atoms with van der Waals surface area (Å²) < 4.78 is 5.88. The maximum atomic E-state index is 5.88. The number of alkyl halides is 1. The van der Waals surface area contributed by atoms with Crippen LogP contribution in [-0.2, 0) is 5.88 Å². The summed E-state index contributed by atoms with van der Waals surface area (Å²) in [6.45, 7) is 0. The van der Waals surface area contributed by atoms with E-state index in [1.54, 1.807) is 6.20 Å². The van der Waals surface area contributed by atoms with E-state index in [2.05, 4.69) is 9.97 Å². The highest BCUT2D eigenvalue weighted by Gasteiger charge is 2.08. The molecule has 0 radical (unpaired) electrons. The largest absolute Gasteiger partial charge is 0.438 e. The van der Waals surface area contributed by atoms with E-state index in [4.69, 9.17) is 16.3 Å². The van der Waals surface area contributed by atoms with Crippen LogP contribution in [0.25, 0.3) is 10.8 Å². The molecule has 94 valence electrons. The van der Waals surface area contributed by atoms with E-state index in [1.807, 2.05) is 42.5 Å². The van der Waals surface area contributed by atoms with Crippen molar-refractivity contribution in [2.75, 3.05) is 0 Å². The van der Waals surface area contributed by atoms with Gasteiger partial charge in [0, 0.05) is 17.1 Å². The van der Waals surface area contributed by atoms with Crippen molar-refractivity contribution in [2.45, 2.75) is 5.88 Å². The fourth-order valence-corrected chi connectivity index (χ4v) is 2.10. The van der Waals surface area contributed by atoms with Gasteiger partial charge in [-0.25, -0.2) is 9.97 Å². The molecule has 0 spiro atoms. The van der Waals surface area contributed by atoms with Gasteiger partial charge in [-0.05, 0) is 11.5 Å². The maximum Gasteiger partial charge on any atom is 0.226 e. The van der Waals surface area contributed by atoms with E-state index in [1.165, 1.54) is 6.33 Å². The molecular formula is C15H11ClN2O. The highest BCUT2D eigenvalue weighted by Crippen LogP contribution is 2.30. The van der Waals surface area contributed by atoms with E-state index in [0.717, 1.165) is 22.1 Å². The number of hydrogen-bond acceptors (Lipinski definition) is 3. The predicted octanol–water partition coefficient (Wildman–Crippen LogP) is 4.16. The van der Waals surface area contributed by atoms with Gasteiger partial charge in [0.15, 0.2) is 0 Å². The Kier molecular flexibility index (Phi) is 3.29. The summed E-state index contributed by atoms with van der Waals surface area (Å²) in [5.41, 5.74) is 0.775. The molecule has 0 aliphatic heterocycles. The summed E-state index contributed by atoms with van der Waals surface area (Å²) in [7, 11) is 0. The van der Waals surface area contributed by atoms with Crippen molar-refractivity contribution in [3.63, 3.8) is 0 Å². The lowest BCUT2D eigenvalue weighted by Gasteiger charge is -2.09. The Morgan fingerprint density at radius 1 is 1.05 bits per heavy atom. The first-order chi connectivity index (χ1) is 9.38. The molecule has 3 rings (SSSR count). The molecule has 1 heterocycles. The second kappa shape index (κ2) is 5.24. The van der Waals surface area contributed by atoms with Gasteiger partial charge in [0.2, 0.25) is 5.88 Å². The minimum Gasteiger partial charge on any atom is -0.438 e. The second-order valence-electron chi connectivity index (χ2n) is 4.07.